The number of nitrogens with zero attached hydrogens (tertiary/aromatic N) is 3. The summed E-state index contributed by atoms with van der Waals surface area (Å²) < 4.78 is 1.88. The Morgan fingerprint density at radius 1 is 1.00 bits per heavy atom. The smallest absolute Gasteiger partial charge is 0.191 e. The highest BCUT2D eigenvalue weighted by Crippen LogP contribution is 2.13. The standard InChI is InChI=1S/C20H23N5.HI/c1-2-21-20(22-15-17-9-4-3-5-10-17)23-16-18-11-6-7-12-19(18)25-14-8-13-24-25;/h3-14H,2,15-16H2,1H3,(H2,21,22,23);1H. The molecule has 136 valence electrons. The first-order valence-corrected chi connectivity index (χ1v) is 8.51. The largest absolute Gasteiger partial charge is 0.357 e. The number of nitrogens with one attached hydrogen (secondary N) is 2. The van der Waals surface area contributed by atoms with Crippen LogP contribution in [0.5, 0.6) is 0 Å². The number of halogens is 1. The number of hydrogen-bond donors (Lipinski definition) is 2. The molecule has 0 saturated carbocycles. The third-order valence-electron chi connectivity index (χ3n) is 3.80. The lowest BCUT2D eigenvalue weighted by molar-refractivity contribution is 0.796. The van der Waals surface area contributed by atoms with Gasteiger partial charge >= 0.3 is 0 Å². The average molecular weight is 461 g/mol. The second kappa shape index (κ2) is 10.6. The minimum absolute atomic E-state index is 0. The van der Waals surface area contributed by atoms with Crippen LogP contribution in [-0.2, 0) is 13.1 Å². The Kier molecular flexibility index (Phi) is 8.14. The van der Waals surface area contributed by atoms with E-state index in [9.17, 15) is 0 Å². The molecule has 0 atom stereocenters. The van der Waals surface area contributed by atoms with Crippen molar-refractivity contribution in [1.29, 1.82) is 0 Å². The minimum Gasteiger partial charge on any atom is -0.357 e. The number of rotatable bonds is 6. The molecule has 1 heterocycles. The molecule has 0 spiro atoms. The van der Waals surface area contributed by atoms with Crippen LogP contribution >= 0.6 is 24.0 Å². The van der Waals surface area contributed by atoms with Crippen molar-refractivity contribution in [3.8, 4) is 5.69 Å². The lowest BCUT2D eigenvalue weighted by Crippen LogP contribution is -2.37. The second-order valence-corrected chi connectivity index (χ2v) is 5.61. The average Bonchev–Trinajstić information content (AvgIpc) is 3.20. The first-order chi connectivity index (χ1) is 12.4. The van der Waals surface area contributed by atoms with Crippen molar-refractivity contribution in [3.05, 3.63) is 84.2 Å². The van der Waals surface area contributed by atoms with Crippen molar-refractivity contribution in [2.75, 3.05) is 6.54 Å². The molecule has 1 aromatic heterocycles. The van der Waals surface area contributed by atoms with Crippen LogP contribution in [-0.4, -0.2) is 22.3 Å². The van der Waals surface area contributed by atoms with E-state index in [-0.39, 0.29) is 24.0 Å². The lowest BCUT2D eigenvalue weighted by atomic mass is 10.2. The third kappa shape index (κ3) is 5.59. The summed E-state index contributed by atoms with van der Waals surface area (Å²) in [5.74, 6) is 0.807. The van der Waals surface area contributed by atoms with E-state index in [4.69, 9.17) is 0 Å². The molecule has 0 unspecified atom stereocenters. The van der Waals surface area contributed by atoms with Crippen molar-refractivity contribution in [3.63, 3.8) is 0 Å². The maximum absolute atomic E-state index is 4.66. The molecule has 2 aromatic carbocycles. The molecule has 0 aliphatic carbocycles. The van der Waals surface area contributed by atoms with Gasteiger partial charge in [0.25, 0.3) is 0 Å². The first-order valence-electron chi connectivity index (χ1n) is 8.51. The van der Waals surface area contributed by atoms with Crippen LogP contribution in [0.1, 0.15) is 18.1 Å². The molecule has 6 heteroatoms. The zero-order valence-corrected chi connectivity index (χ0v) is 17.1. The van der Waals surface area contributed by atoms with E-state index in [2.05, 4.69) is 51.9 Å². The molecule has 0 aliphatic heterocycles. The molecule has 0 amide bonds. The number of benzene rings is 2. The fourth-order valence-electron chi connectivity index (χ4n) is 2.57. The molecular weight excluding hydrogens is 437 g/mol. The zero-order chi connectivity index (χ0) is 17.3. The lowest BCUT2D eigenvalue weighted by Gasteiger charge is -2.14. The molecule has 0 bridgehead atoms. The molecule has 0 aliphatic rings. The SMILES string of the molecule is CCNC(=NCc1ccccc1)NCc1ccccc1-n1cccn1.I. The van der Waals surface area contributed by atoms with Gasteiger partial charge in [-0.05, 0) is 30.2 Å². The van der Waals surface area contributed by atoms with Gasteiger partial charge in [-0.15, -0.1) is 24.0 Å². The maximum atomic E-state index is 4.66. The molecule has 2 N–H and O–H groups in total. The molecular formula is C20H24IN5. The monoisotopic (exact) mass is 461 g/mol. The van der Waals surface area contributed by atoms with Crippen LogP contribution in [0.25, 0.3) is 5.69 Å². The van der Waals surface area contributed by atoms with Gasteiger partial charge in [-0.25, -0.2) is 9.67 Å². The van der Waals surface area contributed by atoms with Crippen LogP contribution in [0.15, 0.2) is 78.0 Å². The van der Waals surface area contributed by atoms with E-state index < -0.39 is 0 Å². The molecule has 3 rings (SSSR count). The summed E-state index contributed by atoms with van der Waals surface area (Å²) in [7, 11) is 0. The van der Waals surface area contributed by atoms with Gasteiger partial charge in [0, 0.05) is 25.5 Å². The summed E-state index contributed by atoms with van der Waals surface area (Å²) in [5, 5.41) is 11.0. The number of aliphatic imine (C=N–C) groups is 1. The summed E-state index contributed by atoms with van der Waals surface area (Å²) >= 11 is 0. The van der Waals surface area contributed by atoms with E-state index in [0.717, 1.165) is 23.8 Å². The molecule has 0 radical (unpaired) electrons. The highest BCUT2D eigenvalue weighted by atomic mass is 127. The van der Waals surface area contributed by atoms with Crippen molar-refractivity contribution in [2.24, 2.45) is 4.99 Å². The normalized spacial score (nSPS) is 10.9. The van der Waals surface area contributed by atoms with E-state index in [0.29, 0.717) is 13.1 Å². The fraction of sp³-hybridized carbons (Fsp3) is 0.200. The van der Waals surface area contributed by atoms with Crippen molar-refractivity contribution in [1.82, 2.24) is 20.4 Å². The van der Waals surface area contributed by atoms with Gasteiger partial charge in [-0.2, -0.15) is 5.10 Å². The van der Waals surface area contributed by atoms with Crippen LogP contribution < -0.4 is 10.6 Å². The molecule has 0 fully saturated rings. The van der Waals surface area contributed by atoms with Gasteiger partial charge in [-0.3, -0.25) is 0 Å². The molecule has 3 aromatic rings. The summed E-state index contributed by atoms with van der Waals surface area (Å²) in [6.45, 7) is 4.21. The van der Waals surface area contributed by atoms with E-state index in [1.807, 2.05) is 47.3 Å². The third-order valence-corrected chi connectivity index (χ3v) is 3.80. The van der Waals surface area contributed by atoms with Crippen molar-refractivity contribution < 1.29 is 0 Å². The van der Waals surface area contributed by atoms with Gasteiger partial charge in [-0.1, -0.05) is 48.5 Å². The Bertz CT molecular complexity index is 800. The fourth-order valence-corrected chi connectivity index (χ4v) is 2.57. The molecule has 0 saturated heterocycles. The number of para-hydroxylation sites is 1. The highest BCUT2D eigenvalue weighted by molar-refractivity contribution is 14.0. The summed E-state index contributed by atoms with van der Waals surface area (Å²) in [6.07, 6.45) is 3.74. The molecule has 5 nitrogen and oxygen atoms in total. The van der Waals surface area contributed by atoms with Gasteiger partial charge in [0.2, 0.25) is 0 Å². The van der Waals surface area contributed by atoms with Crippen molar-refractivity contribution in [2.45, 2.75) is 20.0 Å². The van der Waals surface area contributed by atoms with E-state index in [1.165, 1.54) is 5.56 Å². The van der Waals surface area contributed by atoms with E-state index in [1.54, 1.807) is 6.20 Å². The summed E-state index contributed by atoms with van der Waals surface area (Å²) in [5.41, 5.74) is 3.42. The zero-order valence-electron chi connectivity index (χ0n) is 14.8. The first kappa shape index (κ1) is 20.0. The topological polar surface area (TPSA) is 54.2 Å². The highest BCUT2D eigenvalue weighted by Gasteiger charge is 2.05. The quantitative estimate of drug-likeness (QED) is 0.334. The molecule has 26 heavy (non-hydrogen) atoms. The van der Waals surface area contributed by atoms with Gasteiger partial charge in [0.05, 0.1) is 12.2 Å². The van der Waals surface area contributed by atoms with E-state index >= 15 is 0 Å². The summed E-state index contributed by atoms with van der Waals surface area (Å²) in [4.78, 5) is 4.66. The predicted molar refractivity (Wildman–Crippen MR) is 117 cm³/mol. The van der Waals surface area contributed by atoms with Crippen LogP contribution in [0.3, 0.4) is 0 Å². The predicted octanol–water partition coefficient (Wildman–Crippen LogP) is 3.75. The van der Waals surface area contributed by atoms with Gasteiger partial charge < -0.3 is 10.6 Å². The van der Waals surface area contributed by atoms with Crippen molar-refractivity contribution >= 4 is 29.9 Å². The second-order valence-electron chi connectivity index (χ2n) is 5.61. The minimum atomic E-state index is 0. The number of aromatic nitrogens is 2. The number of hydrogen-bond acceptors (Lipinski definition) is 2. The van der Waals surface area contributed by atoms with Crippen LogP contribution in [0.2, 0.25) is 0 Å². The van der Waals surface area contributed by atoms with Gasteiger partial charge in [0.1, 0.15) is 0 Å². The van der Waals surface area contributed by atoms with Gasteiger partial charge in [0.15, 0.2) is 5.96 Å². The maximum Gasteiger partial charge on any atom is 0.191 e. The summed E-state index contributed by atoms with van der Waals surface area (Å²) in [6, 6.07) is 20.4. The Balaban J connectivity index is 0.00000243. The number of guanidine groups is 1. The Labute approximate surface area is 171 Å². The Hall–Kier alpha value is -2.35. The van der Waals surface area contributed by atoms with Crippen LogP contribution in [0.4, 0.5) is 0 Å². The Morgan fingerprint density at radius 2 is 1.77 bits per heavy atom. The Morgan fingerprint density at radius 3 is 2.50 bits per heavy atom. The van der Waals surface area contributed by atoms with Crippen LogP contribution in [0, 0.1) is 0 Å².